The SMILES string of the molecule is CNC(=O)C1CCCCN1c1nc2ccccn2c1C=O. The molecule has 1 amide bonds. The summed E-state index contributed by atoms with van der Waals surface area (Å²) in [5.41, 5.74) is 1.22. The highest BCUT2D eigenvalue weighted by atomic mass is 16.2. The summed E-state index contributed by atoms with van der Waals surface area (Å²) in [6.45, 7) is 0.739. The molecule has 2 aromatic heterocycles. The molecular formula is C15H18N4O2. The molecule has 0 saturated carbocycles. The van der Waals surface area contributed by atoms with E-state index in [9.17, 15) is 9.59 Å². The predicted molar refractivity (Wildman–Crippen MR) is 79.6 cm³/mol. The maximum Gasteiger partial charge on any atom is 0.242 e. The molecule has 3 rings (SSSR count). The normalized spacial score (nSPS) is 18.7. The molecule has 0 aromatic carbocycles. The smallest absolute Gasteiger partial charge is 0.242 e. The quantitative estimate of drug-likeness (QED) is 0.862. The molecule has 1 N–H and O–H groups in total. The van der Waals surface area contributed by atoms with Crippen LogP contribution in [0.3, 0.4) is 0 Å². The van der Waals surface area contributed by atoms with Crippen LogP contribution in [0.15, 0.2) is 24.4 Å². The highest BCUT2D eigenvalue weighted by Crippen LogP contribution is 2.27. The van der Waals surface area contributed by atoms with E-state index in [1.807, 2.05) is 29.3 Å². The second-order valence-corrected chi connectivity index (χ2v) is 5.19. The van der Waals surface area contributed by atoms with Gasteiger partial charge in [-0.1, -0.05) is 6.07 Å². The van der Waals surface area contributed by atoms with Crippen molar-refractivity contribution >= 4 is 23.7 Å². The van der Waals surface area contributed by atoms with E-state index in [4.69, 9.17) is 0 Å². The number of carbonyl (C=O) groups excluding carboxylic acids is 2. The topological polar surface area (TPSA) is 66.7 Å². The lowest BCUT2D eigenvalue weighted by molar-refractivity contribution is -0.122. The van der Waals surface area contributed by atoms with Gasteiger partial charge in [-0.15, -0.1) is 0 Å². The molecule has 1 aliphatic heterocycles. The lowest BCUT2D eigenvalue weighted by Crippen LogP contribution is -2.49. The Morgan fingerprint density at radius 1 is 1.43 bits per heavy atom. The average molecular weight is 286 g/mol. The molecule has 6 heteroatoms. The van der Waals surface area contributed by atoms with Crippen LogP contribution in [-0.4, -0.2) is 41.2 Å². The van der Waals surface area contributed by atoms with Crippen LogP contribution in [0.5, 0.6) is 0 Å². The number of imidazole rings is 1. The van der Waals surface area contributed by atoms with Crippen molar-refractivity contribution in [3.05, 3.63) is 30.1 Å². The van der Waals surface area contributed by atoms with Crippen LogP contribution in [0.25, 0.3) is 5.65 Å². The Morgan fingerprint density at radius 2 is 2.29 bits per heavy atom. The number of anilines is 1. The van der Waals surface area contributed by atoms with Crippen molar-refractivity contribution in [3.8, 4) is 0 Å². The van der Waals surface area contributed by atoms with E-state index >= 15 is 0 Å². The fourth-order valence-corrected chi connectivity index (χ4v) is 2.95. The molecule has 1 saturated heterocycles. The van der Waals surface area contributed by atoms with Crippen LogP contribution in [-0.2, 0) is 4.79 Å². The summed E-state index contributed by atoms with van der Waals surface area (Å²) < 4.78 is 1.76. The van der Waals surface area contributed by atoms with Crippen LogP contribution in [0.1, 0.15) is 29.8 Å². The predicted octanol–water partition coefficient (Wildman–Crippen LogP) is 1.25. The number of pyridine rings is 1. The third kappa shape index (κ3) is 2.26. The van der Waals surface area contributed by atoms with Gasteiger partial charge < -0.3 is 10.2 Å². The highest BCUT2D eigenvalue weighted by molar-refractivity contribution is 5.89. The van der Waals surface area contributed by atoms with E-state index in [2.05, 4.69) is 10.3 Å². The fraction of sp³-hybridized carbons (Fsp3) is 0.400. The first-order valence-corrected chi connectivity index (χ1v) is 7.16. The molecule has 21 heavy (non-hydrogen) atoms. The van der Waals surface area contributed by atoms with Gasteiger partial charge in [-0.2, -0.15) is 0 Å². The summed E-state index contributed by atoms with van der Waals surface area (Å²) in [7, 11) is 1.64. The minimum Gasteiger partial charge on any atom is -0.357 e. The van der Waals surface area contributed by atoms with Gasteiger partial charge >= 0.3 is 0 Å². The number of hydrogen-bond acceptors (Lipinski definition) is 4. The summed E-state index contributed by atoms with van der Waals surface area (Å²) in [5, 5.41) is 2.70. The summed E-state index contributed by atoms with van der Waals surface area (Å²) in [6, 6.07) is 5.34. The van der Waals surface area contributed by atoms with E-state index in [0.717, 1.165) is 37.7 Å². The monoisotopic (exact) mass is 286 g/mol. The number of nitrogens with one attached hydrogen (secondary N) is 1. The Hall–Kier alpha value is -2.37. The minimum atomic E-state index is -0.257. The molecule has 1 unspecified atom stereocenters. The number of piperidine rings is 1. The number of rotatable bonds is 3. The lowest BCUT2D eigenvalue weighted by Gasteiger charge is -2.34. The molecule has 0 bridgehead atoms. The third-order valence-electron chi connectivity index (χ3n) is 3.98. The van der Waals surface area contributed by atoms with Crippen molar-refractivity contribution in [2.75, 3.05) is 18.5 Å². The van der Waals surface area contributed by atoms with E-state index in [1.165, 1.54) is 0 Å². The molecule has 110 valence electrons. The Bertz CT molecular complexity index is 679. The van der Waals surface area contributed by atoms with Crippen LogP contribution < -0.4 is 10.2 Å². The molecule has 0 spiro atoms. The molecule has 1 aliphatic rings. The van der Waals surface area contributed by atoms with Crippen molar-refractivity contribution in [1.82, 2.24) is 14.7 Å². The number of likely N-dealkylation sites (N-methyl/N-ethyl adjacent to an activating group) is 1. The average Bonchev–Trinajstić information content (AvgIpc) is 2.92. The van der Waals surface area contributed by atoms with Gasteiger partial charge in [0.15, 0.2) is 12.1 Å². The maximum absolute atomic E-state index is 12.1. The first-order chi connectivity index (χ1) is 10.3. The Balaban J connectivity index is 2.09. The third-order valence-corrected chi connectivity index (χ3v) is 3.98. The Morgan fingerprint density at radius 3 is 3.05 bits per heavy atom. The van der Waals surface area contributed by atoms with Gasteiger partial charge in [0, 0.05) is 19.8 Å². The zero-order valence-electron chi connectivity index (χ0n) is 12.0. The fourth-order valence-electron chi connectivity index (χ4n) is 2.95. The van der Waals surface area contributed by atoms with Crippen LogP contribution in [0, 0.1) is 0 Å². The number of aldehydes is 1. The molecule has 1 fully saturated rings. The molecular weight excluding hydrogens is 268 g/mol. The number of nitrogens with zero attached hydrogens (tertiary/aromatic N) is 3. The zero-order valence-corrected chi connectivity index (χ0v) is 12.0. The van der Waals surface area contributed by atoms with E-state index in [0.29, 0.717) is 11.5 Å². The van der Waals surface area contributed by atoms with Crippen molar-refractivity contribution in [2.45, 2.75) is 25.3 Å². The molecule has 3 heterocycles. The van der Waals surface area contributed by atoms with Gasteiger partial charge in [-0.3, -0.25) is 14.0 Å². The number of carbonyl (C=O) groups is 2. The lowest BCUT2D eigenvalue weighted by atomic mass is 10.0. The number of hydrogen-bond donors (Lipinski definition) is 1. The zero-order chi connectivity index (χ0) is 14.8. The first kappa shape index (κ1) is 13.6. The summed E-state index contributed by atoms with van der Waals surface area (Å²) in [5.74, 6) is 0.577. The maximum atomic E-state index is 12.1. The van der Waals surface area contributed by atoms with Gasteiger partial charge in [0.2, 0.25) is 5.91 Å². The summed E-state index contributed by atoms with van der Waals surface area (Å²) in [4.78, 5) is 30.1. The molecule has 2 aromatic rings. The molecule has 1 atom stereocenters. The van der Waals surface area contributed by atoms with E-state index in [1.54, 1.807) is 11.4 Å². The number of aromatic nitrogens is 2. The first-order valence-electron chi connectivity index (χ1n) is 7.16. The summed E-state index contributed by atoms with van der Waals surface area (Å²) in [6.07, 6.45) is 5.42. The van der Waals surface area contributed by atoms with Crippen LogP contribution in [0.4, 0.5) is 5.82 Å². The van der Waals surface area contributed by atoms with Crippen molar-refractivity contribution in [3.63, 3.8) is 0 Å². The van der Waals surface area contributed by atoms with Gasteiger partial charge in [0.05, 0.1) is 0 Å². The van der Waals surface area contributed by atoms with Crippen molar-refractivity contribution in [1.29, 1.82) is 0 Å². The standard InChI is InChI=1S/C15H18N4O2/c1-16-15(21)11-6-2-4-9-19(11)14-12(10-20)18-8-5-3-7-13(18)17-14/h3,5,7-8,10-11H,2,4,6,9H2,1H3,(H,16,21). The van der Waals surface area contributed by atoms with Crippen molar-refractivity contribution < 1.29 is 9.59 Å². The van der Waals surface area contributed by atoms with Gasteiger partial charge in [-0.25, -0.2) is 4.98 Å². The van der Waals surface area contributed by atoms with E-state index in [-0.39, 0.29) is 11.9 Å². The Labute approximate surface area is 122 Å². The number of fused-ring (bicyclic) bond motifs is 1. The molecule has 0 radical (unpaired) electrons. The van der Waals surface area contributed by atoms with Crippen molar-refractivity contribution in [2.24, 2.45) is 0 Å². The molecule has 0 aliphatic carbocycles. The molecule has 6 nitrogen and oxygen atoms in total. The van der Waals surface area contributed by atoms with Gasteiger partial charge in [0.25, 0.3) is 0 Å². The number of amides is 1. The Kier molecular flexibility index (Phi) is 3.60. The van der Waals surface area contributed by atoms with Gasteiger partial charge in [0.1, 0.15) is 17.4 Å². The van der Waals surface area contributed by atoms with Crippen LogP contribution in [0.2, 0.25) is 0 Å². The van der Waals surface area contributed by atoms with Crippen LogP contribution >= 0.6 is 0 Å². The largest absolute Gasteiger partial charge is 0.357 e. The highest BCUT2D eigenvalue weighted by Gasteiger charge is 2.31. The summed E-state index contributed by atoms with van der Waals surface area (Å²) >= 11 is 0. The second kappa shape index (κ2) is 5.55. The minimum absolute atomic E-state index is 0.0244. The van der Waals surface area contributed by atoms with E-state index < -0.39 is 0 Å². The van der Waals surface area contributed by atoms with Gasteiger partial charge in [-0.05, 0) is 31.4 Å². The second-order valence-electron chi connectivity index (χ2n) is 5.19.